The Hall–Kier alpha value is -3.26. The van der Waals surface area contributed by atoms with E-state index in [0.29, 0.717) is 24.5 Å². The lowest BCUT2D eigenvalue weighted by atomic mass is 10.2. The van der Waals surface area contributed by atoms with Gasteiger partial charge in [-0.25, -0.2) is 4.98 Å². The Morgan fingerprint density at radius 2 is 2.00 bits per heavy atom. The topological polar surface area (TPSA) is 98.8 Å². The number of nitro groups is 1. The van der Waals surface area contributed by atoms with Crippen molar-refractivity contribution in [2.75, 3.05) is 11.9 Å². The Bertz CT molecular complexity index is 967. The Morgan fingerprint density at radius 3 is 2.68 bits per heavy atom. The molecule has 0 aliphatic carbocycles. The van der Waals surface area contributed by atoms with E-state index in [1.54, 1.807) is 30.3 Å². The Morgan fingerprint density at radius 1 is 1.24 bits per heavy atom. The van der Waals surface area contributed by atoms with Crippen LogP contribution in [0.4, 0.5) is 17.2 Å². The average Bonchev–Trinajstić information content (AvgIpc) is 2.61. The van der Waals surface area contributed by atoms with Crippen molar-refractivity contribution < 1.29 is 9.66 Å². The first kappa shape index (κ1) is 16.6. The van der Waals surface area contributed by atoms with Crippen molar-refractivity contribution in [3.63, 3.8) is 0 Å². The predicted octanol–water partition coefficient (Wildman–Crippen LogP) is 2.88. The molecule has 1 N–H and O–H groups in total. The highest BCUT2D eigenvalue weighted by molar-refractivity contribution is 5.67. The highest BCUT2D eigenvalue weighted by atomic mass is 16.6. The third-order valence-corrected chi connectivity index (χ3v) is 3.58. The summed E-state index contributed by atoms with van der Waals surface area (Å²) in [6, 6.07) is 12.1. The molecule has 0 atom stereocenters. The first-order chi connectivity index (χ1) is 12.1. The second-order valence-corrected chi connectivity index (χ2v) is 5.26. The van der Waals surface area contributed by atoms with Gasteiger partial charge >= 0.3 is 11.2 Å². The number of hydrogen-bond acceptors (Lipinski definition) is 6. The third-order valence-electron chi connectivity index (χ3n) is 3.58. The lowest BCUT2D eigenvalue weighted by Crippen LogP contribution is -2.20. The molecule has 3 rings (SSSR count). The van der Waals surface area contributed by atoms with Crippen LogP contribution in [0.3, 0.4) is 0 Å². The number of fused-ring (bicyclic) bond motifs is 1. The van der Waals surface area contributed by atoms with Crippen LogP contribution in [0.5, 0.6) is 0 Å². The lowest BCUT2D eigenvalue weighted by Gasteiger charge is -2.09. The number of nitrogens with zero attached hydrogens (tertiary/aromatic N) is 3. The zero-order valence-electron chi connectivity index (χ0n) is 13.5. The molecular formula is C17H16N4O4. The fourth-order valence-electron chi connectivity index (χ4n) is 2.37. The van der Waals surface area contributed by atoms with E-state index in [9.17, 15) is 14.9 Å². The summed E-state index contributed by atoms with van der Waals surface area (Å²) in [4.78, 5) is 27.2. The summed E-state index contributed by atoms with van der Waals surface area (Å²) in [5.41, 5.74) is 0.575. The van der Waals surface area contributed by atoms with Crippen LogP contribution in [0.15, 0.2) is 53.5 Å². The van der Waals surface area contributed by atoms with Gasteiger partial charge in [-0.15, -0.1) is 0 Å². The number of anilines is 2. The van der Waals surface area contributed by atoms with Crippen LogP contribution in [-0.2, 0) is 11.3 Å². The predicted molar refractivity (Wildman–Crippen MR) is 93.2 cm³/mol. The van der Waals surface area contributed by atoms with Crippen molar-refractivity contribution in [2.24, 2.45) is 0 Å². The molecule has 128 valence electrons. The smallest absolute Gasteiger partial charge is 0.376 e. The summed E-state index contributed by atoms with van der Waals surface area (Å²) in [5, 5.41) is 14.2. The van der Waals surface area contributed by atoms with Crippen LogP contribution in [0.1, 0.15) is 12.5 Å². The summed E-state index contributed by atoms with van der Waals surface area (Å²) in [6.07, 6.45) is 1.45. The molecule has 0 saturated carbocycles. The quantitative estimate of drug-likeness (QED) is 0.547. The van der Waals surface area contributed by atoms with Crippen molar-refractivity contribution in [2.45, 2.75) is 13.5 Å². The molecule has 0 unspecified atom stereocenters. The van der Waals surface area contributed by atoms with E-state index in [2.05, 4.69) is 10.3 Å². The molecule has 8 nitrogen and oxygen atoms in total. The standard InChI is InChI=1S/C17H16N4O4/c1-2-25-11-12-6-8-13(9-7-12)18-16-15(21(23)24)17(22)20-10-4-3-5-14(20)19-16/h3-10,18H,2,11H2,1H3. The van der Waals surface area contributed by atoms with E-state index in [-0.39, 0.29) is 5.82 Å². The maximum atomic E-state index is 12.4. The van der Waals surface area contributed by atoms with Crippen molar-refractivity contribution in [3.05, 3.63) is 74.7 Å². The summed E-state index contributed by atoms with van der Waals surface area (Å²) in [6.45, 7) is 3.03. The van der Waals surface area contributed by atoms with E-state index < -0.39 is 16.2 Å². The minimum absolute atomic E-state index is 0.0845. The molecule has 0 fully saturated rings. The monoisotopic (exact) mass is 340 g/mol. The summed E-state index contributed by atoms with van der Waals surface area (Å²) in [7, 11) is 0. The van der Waals surface area contributed by atoms with Crippen LogP contribution < -0.4 is 10.9 Å². The normalized spacial score (nSPS) is 10.8. The molecular weight excluding hydrogens is 324 g/mol. The minimum Gasteiger partial charge on any atom is -0.377 e. The molecule has 0 saturated heterocycles. The van der Waals surface area contributed by atoms with Gasteiger partial charge in [0.05, 0.1) is 11.5 Å². The van der Waals surface area contributed by atoms with E-state index in [0.717, 1.165) is 9.96 Å². The van der Waals surface area contributed by atoms with Crippen molar-refractivity contribution >= 4 is 22.8 Å². The van der Waals surface area contributed by atoms with Gasteiger partial charge in [-0.3, -0.25) is 19.3 Å². The molecule has 1 aromatic carbocycles. The molecule has 0 amide bonds. The van der Waals surface area contributed by atoms with Crippen molar-refractivity contribution in [1.29, 1.82) is 0 Å². The van der Waals surface area contributed by atoms with Gasteiger partial charge in [0.2, 0.25) is 5.82 Å². The maximum absolute atomic E-state index is 12.4. The van der Waals surface area contributed by atoms with Crippen LogP contribution in [-0.4, -0.2) is 20.9 Å². The Labute approximate surface area is 142 Å². The third kappa shape index (κ3) is 3.48. The van der Waals surface area contributed by atoms with Gasteiger partial charge in [0.1, 0.15) is 5.65 Å². The number of rotatable bonds is 6. The molecule has 25 heavy (non-hydrogen) atoms. The second-order valence-electron chi connectivity index (χ2n) is 5.26. The summed E-state index contributed by atoms with van der Waals surface area (Å²) >= 11 is 0. The fourth-order valence-corrected chi connectivity index (χ4v) is 2.37. The van der Waals surface area contributed by atoms with Crippen LogP contribution in [0, 0.1) is 10.1 Å². The molecule has 0 aliphatic heterocycles. The van der Waals surface area contributed by atoms with Gasteiger partial charge in [0, 0.05) is 18.5 Å². The molecule has 0 spiro atoms. The maximum Gasteiger partial charge on any atom is 0.376 e. The highest BCUT2D eigenvalue weighted by Gasteiger charge is 2.23. The van der Waals surface area contributed by atoms with Crippen LogP contribution in [0.2, 0.25) is 0 Å². The van der Waals surface area contributed by atoms with E-state index in [1.165, 1.54) is 6.20 Å². The van der Waals surface area contributed by atoms with Crippen molar-refractivity contribution in [1.82, 2.24) is 9.38 Å². The summed E-state index contributed by atoms with van der Waals surface area (Å²) < 4.78 is 6.47. The van der Waals surface area contributed by atoms with Gasteiger partial charge in [0.25, 0.3) is 0 Å². The van der Waals surface area contributed by atoms with Crippen molar-refractivity contribution in [3.8, 4) is 0 Å². The number of benzene rings is 1. The molecule has 3 aromatic rings. The van der Waals surface area contributed by atoms with Crippen LogP contribution >= 0.6 is 0 Å². The van der Waals surface area contributed by atoms with Crippen LogP contribution in [0.25, 0.3) is 5.65 Å². The average molecular weight is 340 g/mol. The van der Waals surface area contributed by atoms with E-state index >= 15 is 0 Å². The minimum atomic E-state index is -0.730. The highest BCUT2D eigenvalue weighted by Crippen LogP contribution is 2.23. The van der Waals surface area contributed by atoms with Gasteiger partial charge < -0.3 is 10.1 Å². The SMILES string of the molecule is CCOCc1ccc(Nc2nc3ccccn3c(=O)c2[N+](=O)[O-])cc1. The molecule has 0 aliphatic rings. The zero-order chi connectivity index (χ0) is 17.8. The molecule has 2 aromatic heterocycles. The Kier molecular flexibility index (Phi) is 4.71. The molecule has 8 heteroatoms. The zero-order valence-corrected chi connectivity index (χ0v) is 13.5. The fraction of sp³-hybridized carbons (Fsp3) is 0.176. The number of pyridine rings is 1. The lowest BCUT2D eigenvalue weighted by molar-refractivity contribution is -0.385. The van der Waals surface area contributed by atoms with Gasteiger partial charge in [-0.05, 0) is 36.8 Å². The molecule has 0 bridgehead atoms. The number of ether oxygens (including phenoxy) is 1. The van der Waals surface area contributed by atoms with Gasteiger partial charge in [0.15, 0.2) is 0 Å². The number of aromatic nitrogens is 2. The first-order valence-electron chi connectivity index (χ1n) is 7.69. The number of nitrogens with one attached hydrogen (secondary N) is 1. The van der Waals surface area contributed by atoms with E-state index in [4.69, 9.17) is 4.74 Å². The Balaban J connectivity index is 1.99. The van der Waals surface area contributed by atoms with E-state index in [1.807, 2.05) is 19.1 Å². The first-order valence-corrected chi connectivity index (χ1v) is 7.69. The van der Waals surface area contributed by atoms with Gasteiger partial charge in [-0.2, -0.15) is 0 Å². The number of hydrogen-bond donors (Lipinski definition) is 1. The van der Waals surface area contributed by atoms with Gasteiger partial charge in [-0.1, -0.05) is 18.2 Å². The second kappa shape index (κ2) is 7.10. The largest absolute Gasteiger partial charge is 0.377 e. The molecule has 2 heterocycles. The summed E-state index contributed by atoms with van der Waals surface area (Å²) in [5.74, 6) is -0.0845. The molecule has 0 radical (unpaired) electrons.